The number of aromatic nitrogens is 2. The first-order valence-electron chi connectivity index (χ1n) is 6.98. The molecule has 1 aromatic heterocycles. The van der Waals surface area contributed by atoms with Gasteiger partial charge in [-0.3, -0.25) is 10.1 Å². The van der Waals surface area contributed by atoms with Gasteiger partial charge in [0.2, 0.25) is 5.91 Å². The van der Waals surface area contributed by atoms with E-state index in [0.717, 1.165) is 4.90 Å². The zero-order valence-corrected chi connectivity index (χ0v) is 14.8. The summed E-state index contributed by atoms with van der Waals surface area (Å²) in [6.07, 6.45) is 0. The zero-order valence-electron chi connectivity index (χ0n) is 12.5. The van der Waals surface area contributed by atoms with Gasteiger partial charge in [0.1, 0.15) is 5.82 Å². The third kappa shape index (κ3) is 4.72. The maximum atomic E-state index is 12.8. The minimum Gasteiger partial charge on any atom is -0.403 e. The second kappa shape index (κ2) is 7.86. The van der Waals surface area contributed by atoms with Crippen molar-refractivity contribution in [3.8, 4) is 11.5 Å². The molecule has 0 radical (unpaired) electrons. The fourth-order valence-corrected chi connectivity index (χ4v) is 3.07. The van der Waals surface area contributed by atoms with Crippen LogP contribution >= 0.6 is 35.0 Å². The van der Waals surface area contributed by atoms with Gasteiger partial charge in [0, 0.05) is 9.92 Å². The molecule has 0 bridgehead atoms. The Labute approximate surface area is 156 Å². The first-order chi connectivity index (χ1) is 12.0. The van der Waals surface area contributed by atoms with E-state index in [0.29, 0.717) is 15.6 Å². The molecule has 2 aromatic carbocycles. The van der Waals surface area contributed by atoms with Crippen LogP contribution in [-0.4, -0.2) is 21.9 Å². The number of amides is 1. The van der Waals surface area contributed by atoms with Gasteiger partial charge in [-0.2, -0.15) is 0 Å². The lowest BCUT2D eigenvalue weighted by molar-refractivity contribution is -0.113. The van der Waals surface area contributed by atoms with Gasteiger partial charge in [0.25, 0.3) is 5.89 Å². The van der Waals surface area contributed by atoms with E-state index in [1.165, 1.54) is 23.9 Å². The van der Waals surface area contributed by atoms with E-state index in [1.54, 1.807) is 30.3 Å². The molecule has 1 heterocycles. The topological polar surface area (TPSA) is 68.0 Å². The van der Waals surface area contributed by atoms with Gasteiger partial charge < -0.3 is 4.42 Å². The summed E-state index contributed by atoms with van der Waals surface area (Å²) in [6.45, 7) is 0. The highest BCUT2D eigenvalue weighted by Gasteiger charge is 2.14. The van der Waals surface area contributed by atoms with Gasteiger partial charge in [-0.05, 0) is 42.5 Å². The fraction of sp³-hybridized carbons (Fsp3) is 0.0625. The summed E-state index contributed by atoms with van der Waals surface area (Å²) in [7, 11) is 0. The van der Waals surface area contributed by atoms with Gasteiger partial charge in [-0.1, -0.05) is 28.3 Å². The minimum absolute atomic E-state index is 0.0364. The number of anilines is 1. The first kappa shape index (κ1) is 17.7. The van der Waals surface area contributed by atoms with E-state index in [4.69, 9.17) is 27.6 Å². The van der Waals surface area contributed by atoms with E-state index in [1.807, 2.05) is 0 Å². The van der Waals surface area contributed by atoms with Gasteiger partial charge >= 0.3 is 6.01 Å². The molecule has 0 aliphatic carbocycles. The number of carbonyl (C=O) groups is 1. The van der Waals surface area contributed by atoms with Crippen LogP contribution in [0.15, 0.2) is 51.8 Å². The number of hydrogen-bond donors (Lipinski definition) is 1. The largest absolute Gasteiger partial charge is 0.403 e. The highest BCUT2D eigenvalue weighted by atomic mass is 35.5. The molecule has 0 aliphatic rings. The molecule has 0 saturated heterocycles. The lowest BCUT2D eigenvalue weighted by Crippen LogP contribution is -2.14. The van der Waals surface area contributed by atoms with Crippen LogP contribution in [0.2, 0.25) is 10.0 Å². The van der Waals surface area contributed by atoms with Crippen LogP contribution in [0.1, 0.15) is 0 Å². The Morgan fingerprint density at radius 3 is 2.64 bits per heavy atom. The molecule has 0 saturated carbocycles. The van der Waals surface area contributed by atoms with Crippen molar-refractivity contribution >= 4 is 46.9 Å². The second-order valence-electron chi connectivity index (χ2n) is 4.83. The average Bonchev–Trinajstić information content (AvgIpc) is 3.02. The van der Waals surface area contributed by atoms with Crippen molar-refractivity contribution in [3.63, 3.8) is 0 Å². The number of rotatable bonds is 5. The molecule has 0 atom stereocenters. The van der Waals surface area contributed by atoms with Crippen molar-refractivity contribution in [2.75, 3.05) is 11.1 Å². The molecule has 0 aliphatic heterocycles. The molecule has 3 aromatic rings. The van der Waals surface area contributed by atoms with Crippen LogP contribution in [0.4, 0.5) is 10.4 Å². The zero-order chi connectivity index (χ0) is 17.8. The maximum Gasteiger partial charge on any atom is 0.322 e. The van der Waals surface area contributed by atoms with E-state index in [-0.39, 0.29) is 29.4 Å². The van der Waals surface area contributed by atoms with Gasteiger partial charge in [0.15, 0.2) is 0 Å². The summed E-state index contributed by atoms with van der Waals surface area (Å²) in [5.74, 6) is -0.367. The van der Waals surface area contributed by atoms with E-state index >= 15 is 0 Å². The highest BCUT2D eigenvalue weighted by Crippen LogP contribution is 2.30. The van der Waals surface area contributed by atoms with Crippen LogP contribution in [0.5, 0.6) is 0 Å². The lowest BCUT2D eigenvalue weighted by atomic mass is 10.2. The molecule has 5 nitrogen and oxygen atoms in total. The molecule has 1 amide bonds. The Balaban J connectivity index is 1.60. The Morgan fingerprint density at radius 1 is 1.16 bits per heavy atom. The molecule has 0 spiro atoms. The number of hydrogen-bond acceptors (Lipinski definition) is 5. The Hall–Kier alpha value is -2.09. The van der Waals surface area contributed by atoms with Gasteiger partial charge in [-0.15, -0.1) is 16.9 Å². The standard InChI is InChI=1S/C16H10Cl2FN3O2S/c17-9-1-6-12(13(18)7-9)15-21-22-16(24-15)20-14(23)8-25-11-4-2-10(19)3-5-11/h1-7H,8H2,(H,20,22,23). The van der Waals surface area contributed by atoms with Crippen LogP contribution in [0.3, 0.4) is 0 Å². The van der Waals surface area contributed by atoms with E-state index in [9.17, 15) is 9.18 Å². The van der Waals surface area contributed by atoms with Crippen molar-refractivity contribution in [2.45, 2.75) is 4.90 Å². The molecule has 9 heteroatoms. The van der Waals surface area contributed by atoms with E-state index < -0.39 is 0 Å². The van der Waals surface area contributed by atoms with E-state index in [2.05, 4.69) is 15.5 Å². The molecule has 0 unspecified atom stereocenters. The molecule has 3 rings (SSSR count). The molecule has 128 valence electrons. The fourth-order valence-electron chi connectivity index (χ4n) is 1.88. The van der Waals surface area contributed by atoms with Crippen molar-refractivity contribution in [2.24, 2.45) is 0 Å². The summed E-state index contributed by atoms with van der Waals surface area (Å²) in [4.78, 5) is 12.7. The van der Waals surface area contributed by atoms with Gasteiger partial charge in [-0.25, -0.2) is 4.39 Å². The number of halogens is 3. The lowest BCUT2D eigenvalue weighted by Gasteiger charge is -2.01. The predicted molar refractivity (Wildman–Crippen MR) is 95.5 cm³/mol. The summed E-state index contributed by atoms with van der Waals surface area (Å²) in [5.41, 5.74) is 0.514. The van der Waals surface area contributed by atoms with Crippen LogP contribution in [-0.2, 0) is 4.79 Å². The van der Waals surface area contributed by atoms with Crippen molar-refractivity contribution in [1.29, 1.82) is 0 Å². The molecular weight excluding hydrogens is 388 g/mol. The predicted octanol–water partition coefficient (Wildman–Crippen LogP) is 4.91. The minimum atomic E-state index is -0.327. The summed E-state index contributed by atoms with van der Waals surface area (Å²) >= 11 is 13.2. The van der Waals surface area contributed by atoms with Crippen molar-refractivity contribution in [3.05, 3.63) is 58.3 Å². The Bertz CT molecular complexity index is 903. The molecule has 25 heavy (non-hydrogen) atoms. The number of thioether (sulfide) groups is 1. The summed E-state index contributed by atoms with van der Waals surface area (Å²) in [6, 6.07) is 10.7. The Morgan fingerprint density at radius 2 is 1.92 bits per heavy atom. The number of carbonyl (C=O) groups excluding carboxylic acids is 1. The summed E-state index contributed by atoms with van der Waals surface area (Å²) < 4.78 is 18.2. The smallest absolute Gasteiger partial charge is 0.322 e. The average molecular weight is 398 g/mol. The maximum absolute atomic E-state index is 12.8. The molecule has 0 fully saturated rings. The quantitative estimate of drug-likeness (QED) is 0.619. The highest BCUT2D eigenvalue weighted by molar-refractivity contribution is 8.00. The number of nitrogens with one attached hydrogen (secondary N) is 1. The first-order valence-corrected chi connectivity index (χ1v) is 8.72. The Kier molecular flexibility index (Phi) is 5.57. The normalized spacial score (nSPS) is 10.7. The van der Waals surface area contributed by atoms with Crippen LogP contribution in [0, 0.1) is 5.82 Å². The number of benzene rings is 2. The molecular formula is C16H10Cl2FN3O2S. The monoisotopic (exact) mass is 397 g/mol. The van der Waals surface area contributed by atoms with Crippen LogP contribution < -0.4 is 5.32 Å². The van der Waals surface area contributed by atoms with Crippen molar-refractivity contribution in [1.82, 2.24) is 10.2 Å². The molecule has 1 N–H and O–H groups in total. The SMILES string of the molecule is O=C(CSc1ccc(F)cc1)Nc1nnc(-c2ccc(Cl)cc2Cl)o1. The third-order valence-corrected chi connectivity index (χ3v) is 4.58. The number of nitrogens with zero attached hydrogens (tertiary/aromatic N) is 2. The second-order valence-corrected chi connectivity index (χ2v) is 6.72. The van der Waals surface area contributed by atoms with Crippen molar-refractivity contribution < 1.29 is 13.6 Å². The van der Waals surface area contributed by atoms with Crippen LogP contribution in [0.25, 0.3) is 11.5 Å². The van der Waals surface area contributed by atoms with Gasteiger partial charge in [0.05, 0.1) is 16.3 Å². The summed E-state index contributed by atoms with van der Waals surface area (Å²) in [5, 5.41) is 11.0. The third-order valence-electron chi connectivity index (χ3n) is 3.02.